The van der Waals surface area contributed by atoms with Crippen LogP contribution in [0.2, 0.25) is 0 Å². The fourth-order valence-electron chi connectivity index (χ4n) is 0.875. The number of nitrogens with two attached hydrogens (primary N) is 1. The average molecular weight is 133 g/mol. The van der Waals surface area contributed by atoms with E-state index in [9.17, 15) is 0 Å². The van der Waals surface area contributed by atoms with Crippen molar-refractivity contribution in [1.29, 1.82) is 0 Å². The van der Waals surface area contributed by atoms with Crippen molar-refractivity contribution in [3.8, 4) is 0 Å². The molecule has 1 saturated heterocycles. The molecule has 0 amide bonds. The second-order valence-electron chi connectivity index (χ2n) is 2.17. The summed E-state index contributed by atoms with van der Waals surface area (Å²) in [4.78, 5) is 0. The Morgan fingerprint density at radius 1 is 1.56 bits per heavy atom. The zero-order valence-corrected chi connectivity index (χ0v) is 5.03. The van der Waals surface area contributed by atoms with Gasteiger partial charge < -0.3 is 20.7 Å². The number of aliphatic hydroxyl groups excluding tert-OH is 2. The Labute approximate surface area is 53.2 Å². The van der Waals surface area contributed by atoms with Crippen LogP contribution in [0.1, 0.15) is 0 Å². The highest BCUT2D eigenvalue weighted by molar-refractivity contribution is 4.83. The lowest BCUT2D eigenvalue weighted by atomic mass is 10.1. The maximum atomic E-state index is 9.00. The number of aliphatic hydroxyl groups is 2. The predicted molar refractivity (Wildman–Crippen MR) is 30.8 cm³/mol. The molecule has 9 heavy (non-hydrogen) atoms. The molecule has 0 bridgehead atoms. The van der Waals surface area contributed by atoms with Gasteiger partial charge in [0.15, 0.2) is 0 Å². The van der Waals surface area contributed by atoms with Crippen LogP contribution < -0.4 is 5.73 Å². The van der Waals surface area contributed by atoms with Crippen LogP contribution in [-0.2, 0) is 4.74 Å². The summed E-state index contributed by atoms with van der Waals surface area (Å²) in [6.45, 7) is 0.460. The quantitative estimate of drug-likeness (QED) is 0.389. The largest absolute Gasteiger partial charge is 0.388 e. The summed E-state index contributed by atoms with van der Waals surface area (Å²) in [6, 6.07) is 0. The van der Waals surface area contributed by atoms with E-state index in [0.29, 0.717) is 0 Å². The van der Waals surface area contributed by atoms with Gasteiger partial charge in [0, 0.05) is 6.54 Å². The fraction of sp³-hybridized carbons (Fsp3) is 1.00. The van der Waals surface area contributed by atoms with Crippen molar-refractivity contribution in [3.63, 3.8) is 0 Å². The Morgan fingerprint density at radius 3 is 2.44 bits per heavy atom. The standard InChI is InChI=1S/C5H11NO3/c6-1-4-5(8)3(7)2-9-4/h3-5,7-8H,1-2,6H2/t3-,4+,5+/m1/s1. The van der Waals surface area contributed by atoms with Crippen LogP contribution in [0.3, 0.4) is 0 Å². The van der Waals surface area contributed by atoms with Gasteiger partial charge in [-0.2, -0.15) is 0 Å². The van der Waals surface area contributed by atoms with E-state index in [4.69, 9.17) is 20.7 Å². The molecule has 0 spiro atoms. The zero-order valence-electron chi connectivity index (χ0n) is 5.03. The first-order valence-corrected chi connectivity index (χ1v) is 2.93. The Bertz CT molecular complexity index is 98.2. The molecule has 0 radical (unpaired) electrons. The van der Waals surface area contributed by atoms with E-state index < -0.39 is 12.2 Å². The minimum Gasteiger partial charge on any atom is -0.388 e. The Kier molecular flexibility index (Phi) is 2.02. The van der Waals surface area contributed by atoms with E-state index >= 15 is 0 Å². The maximum absolute atomic E-state index is 9.00. The van der Waals surface area contributed by atoms with Crippen molar-refractivity contribution in [2.45, 2.75) is 18.3 Å². The van der Waals surface area contributed by atoms with Crippen LogP contribution in [0, 0.1) is 0 Å². The first-order chi connectivity index (χ1) is 4.25. The van der Waals surface area contributed by atoms with E-state index in [0.717, 1.165) is 0 Å². The molecule has 3 atom stereocenters. The van der Waals surface area contributed by atoms with E-state index in [1.54, 1.807) is 0 Å². The Hall–Kier alpha value is -0.160. The predicted octanol–water partition coefficient (Wildman–Crippen LogP) is -1.93. The van der Waals surface area contributed by atoms with Gasteiger partial charge in [-0.25, -0.2) is 0 Å². The van der Waals surface area contributed by atoms with E-state index in [-0.39, 0.29) is 19.3 Å². The Balaban J connectivity index is 2.41. The molecule has 1 aliphatic rings. The van der Waals surface area contributed by atoms with Crippen LogP contribution in [-0.4, -0.2) is 41.7 Å². The number of ether oxygens (including phenoxy) is 1. The molecule has 0 aromatic rings. The fourth-order valence-corrected chi connectivity index (χ4v) is 0.875. The monoisotopic (exact) mass is 133 g/mol. The third-order valence-electron chi connectivity index (χ3n) is 1.49. The molecule has 0 aromatic carbocycles. The molecule has 54 valence electrons. The number of rotatable bonds is 1. The summed E-state index contributed by atoms with van der Waals surface area (Å²) in [5.74, 6) is 0. The van der Waals surface area contributed by atoms with Gasteiger partial charge in [0.05, 0.1) is 12.7 Å². The maximum Gasteiger partial charge on any atom is 0.109 e. The normalized spacial score (nSPS) is 43.7. The van der Waals surface area contributed by atoms with Gasteiger partial charge >= 0.3 is 0 Å². The highest BCUT2D eigenvalue weighted by Crippen LogP contribution is 2.12. The van der Waals surface area contributed by atoms with Gasteiger partial charge in [0.2, 0.25) is 0 Å². The SMILES string of the molecule is NC[C@@H]1OC[C@@H](O)[C@@H]1O. The molecule has 0 aliphatic carbocycles. The van der Waals surface area contributed by atoms with Crippen LogP contribution in [0.4, 0.5) is 0 Å². The molecule has 1 aliphatic heterocycles. The van der Waals surface area contributed by atoms with E-state index in [2.05, 4.69) is 0 Å². The number of hydrogen-bond acceptors (Lipinski definition) is 4. The molecule has 4 nitrogen and oxygen atoms in total. The molecule has 0 aromatic heterocycles. The number of hydrogen-bond donors (Lipinski definition) is 3. The lowest BCUT2D eigenvalue weighted by Crippen LogP contribution is -2.34. The molecular formula is C5H11NO3. The molecule has 4 heteroatoms. The summed E-state index contributed by atoms with van der Waals surface area (Å²) in [7, 11) is 0. The van der Waals surface area contributed by atoms with Gasteiger partial charge in [-0.05, 0) is 0 Å². The minimum atomic E-state index is -0.796. The first kappa shape index (κ1) is 6.95. The molecule has 1 rings (SSSR count). The zero-order chi connectivity index (χ0) is 6.85. The van der Waals surface area contributed by atoms with Crippen molar-refractivity contribution in [1.82, 2.24) is 0 Å². The van der Waals surface area contributed by atoms with Gasteiger partial charge in [0.25, 0.3) is 0 Å². The summed E-state index contributed by atoms with van der Waals surface area (Å²) in [5.41, 5.74) is 5.19. The molecule has 1 fully saturated rings. The second kappa shape index (κ2) is 2.62. The van der Waals surface area contributed by atoms with E-state index in [1.807, 2.05) is 0 Å². The highest BCUT2D eigenvalue weighted by Gasteiger charge is 2.32. The van der Waals surface area contributed by atoms with Gasteiger partial charge in [-0.15, -0.1) is 0 Å². The topological polar surface area (TPSA) is 75.7 Å². The van der Waals surface area contributed by atoms with Crippen LogP contribution in [0.25, 0.3) is 0 Å². The first-order valence-electron chi connectivity index (χ1n) is 2.93. The minimum absolute atomic E-state index is 0.197. The molecule has 0 unspecified atom stereocenters. The summed E-state index contributed by atoms with van der Waals surface area (Å²) >= 11 is 0. The molecule has 0 saturated carbocycles. The van der Waals surface area contributed by atoms with Gasteiger partial charge in [-0.3, -0.25) is 0 Å². The van der Waals surface area contributed by atoms with E-state index in [1.165, 1.54) is 0 Å². The van der Waals surface area contributed by atoms with Crippen molar-refractivity contribution in [3.05, 3.63) is 0 Å². The Morgan fingerprint density at radius 2 is 2.22 bits per heavy atom. The summed E-state index contributed by atoms with van der Waals surface area (Å²) < 4.78 is 4.90. The van der Waals surface area contributed by atoms with Crippen molar-refractivity contribution >= 4 is 0 Å². The molecule has 4 N–H and O–H groups in total. The lowest BCUT2D eigenvalue weighted by molar-refractivity contribution is 0.0276. The van der Waals surface area contributed by atoms with Gasteiger partial charge in [0.1, 0.15) is 12.2 Å². The van der Waals surface area contributed by atoms with Crippen molar-refractivity contribution in [2.24, 2.45) is 5.73 Å². The lowest BCUT2D eigenvalue weighted by Gasteiger charge is -2.10. The van der Waals surface area contributed by atoms with Crippen molar-refractivity contribution in [2.75, 3.05) is 13.2 Å². The van der Waals surface area contributed by atoms with Gasteiger partial charge in [-0.1, -0.05) is 0 Å². The summed E-state index contributed by atoms with van der Waals surface area (Å²) in [5, 5.41) is 17.9. The summed E-state index contributed by atoms with van der Waals surface area (Å²) in [6.07, 6.45) is -1.92. The second-order valence-corrected chi connectivity index (χ2v) is 2.17. The average Bonchev–Trinajstić information content (AvgIpc) is 2.15. The highest BCUT2D eigenvalue weighted by atomic mass is 16.5. The molecule has 1 heterocycles. The molecular weight excluding hydrogens is 122 g/mol. The van der Waals surface area contributed by atoms with Crippen LogP contribution in [0.5, 0.6) is 0 Å². The third kappa shape index (κ3) is 1.21. The van der Waals surface area contributed by atoms with Crippen LogP contribution in [0.15, 0.2) is 0 Å². The van der Waals surface area contributed by atoms with Crippen molar-refractivity contribution < 1.29 is 14.9 Å². The smallest absolute Gasteiger partial charge is 0.109 e. The third-order valence-corrected chi connectivity index (χ3v) is 1.49. The van der Waals surface area contributed by atoms with Crippen LogP contribution >= 0.6 is 0 Å².